The summed E-state index contributed by atoms with van der Waals surface area (Å²) >= 11 is 2.17. The molecule has 3 heterocycles. The number of allylic oxidation sites excluding steroid dienone is 2. The van der Waals surface area contributed by atoms with Crippen LogP contribution in [0.25, 0.3) is 5.57 Å². The fourth-order valence-corrected chi connectivity index (χ4v) is 6.90. The average molecular weight is 572 g/mol. The van der Waals surface area contributed by atoms with Gasteiger partial charge in [-0.05, 0) is 66.6 Å². The van der Waals surface area contributed by atoms with Gasteiger partial charge in [0.15, 0.2) is 16.3 Å². The van der Waals surface area contributed by atoms with E-state index in [2.05, 4.69) is 22.6 Å². The summed E-state index contributed by atoms with van der Waals surface area (Å²) in [7, 11) is -9.09. The average Bonchev–Trinajstić information content (AvgIpc) is 3.05. The second kappa shape index (κ2) is 7.14. The number of aromatic nitrogens is 1. The predicted octanol–water partition coefficient (Wildman–Crippen LogP) is 2.15. The van der Waals surface area contributed by atoms with E-state index in [4.69, 9.17) is 0 Å². The van der Waals surface area contributed by atoms with Crippen molar-refractivity contribution in [1.29, 1.82) is 0 Å². The van der Waals surface area contributed by atoms with Crippen molar-refractivity contribution in [3.8, 4) is 0 Å². The summed E-state index contributed by atoms with van der Waals surface area (Å²) in [4.78, 5) is -0.426. The van der Waals surface area contributed by atoms with E-state index < -0.39 is 20.2 Å². The number of nitrogens with zero attached hydrogens (tertiary/aromatic N) is 2. The zero-order valence-corrected chi connectivity index (χ0v) is 20.9. The van der Waals surface area contributed by atoms with Crippen molar-refractivity contribution in [3.05, 3.63) is 66.5 Å². The van der Waals surface area contributed by atoms with Gasteiger partial charge in [0.1, 0.15) is 10.1 Å². The lowest BCUT2D eigenvalue weighted by Crippen LogP contribution is -2.32. The van der Waals surface area contributed by atoms with E-state index in [-0.39, 0.29) is 23.0 Å². The minimum Gasteiger partial charge on any atom is -0.744 e. The Morgan fingerprint density at radius 1 is 1.06 bits per heavy atom. The van der Waals surface area contributed by atoms with Crippen LogP contribution in [0, 0.1) is 17.4 Å². The maximum atomic E-state index is 12.1. The Morgan fingerprint density at radius 3 is 2.16 bits per heavy atom. The molecule has 1 aromatic carbocycles. The quantitative estimate of drug-likeness (QED) is 0.342. The molecule has 1 aromatic heterocycles. The number of fused-ring (bicyclic) bond motifs is 2. The van der Waals surface area contributed by atoms with Crippen molar-refractivity contribution in [2.24, 2.45) is 0 Å². The summed E-state index contributed by atoms with van der Waals surface area (Å²) in [6, 6.07) is 7.49. The number of halogens is 1. The summed E-state index contributed by atoms with van der Waals surface area (Å²) < 4.78 is 74.5. The number of hydrogen-bond donors (Lipinski definition) is 1. The molecule has 0 bridgehead atoms. The smallest absolute Gasteiger partial charge is 0.604 e. The van der Waals surface area contributed by atoms with Gasteiger partial charge in [0.2, 0.25) is 0 Å². The normalized spacial score (nSPS) is 16.6. The van der Waals surface area contributed by atoms with Gasteiger partial charge in [0.25, 0.3) is 0 Å². The summed E-state index contributed by atoms with van der Waals surface area (Å²) in [6.45, 7) is 6.35. The number of benzene rings is 1. The molecule has 31 heavy (non-hydrogen) atoms. The summed E-state index contributed by atoms with van der Waals surface area (Å²) in [5.41, 5.74) is 3.76. The fraction of sp³-hybridized carbons (Fsp3) is 0.211. The van der Waals surface area contributed by atoms with Gasteiger partial charge in [0, 0.05) is 21.8 Å². The van der Waals surface area contributed by atoms with Crippen LogP contribution < -0.4 is 0 Å². The first-order chi connectivity index (χ1) is 14.2. The van der Waals surface area contributed by atoms with Gasteiger partial charge < -0.3 is 9.03 Å². The van der Waals surface area contributed by atoms with Gasteiger partial charge in [0.05, 0.1) is 16.2 Å². The minimum atomic E-state index is -4.72. The molecule has 0 saturated carbocycles. The molecule has 8 nitrogen and oxygen atoms in total. The van der Waals surface area contributed by atoms with E-state index in [0.717, 1.165) is 9.13 Å². The molecule has 0 saturated heterocycles. The van der Waals surface area contributed by atoms with Gasteiger partial charge in [-0.15, -0.1) is 0 Å². The van der Waals surface area contributed by atoms with Crippen molar-refractivity contribution < 1.29 is 30.4 Å². The maximum absolute atomic E-state index is 12.1. The molecule has 0 amide bonds. The molecule has 2 aromatic rings. The van der Waals surface area contributed by atoms with Crippen molar-refractivity contribution in [2.45, 2.75) is 32.6 Å². The fourth-order valence-electron chi connectivity index (χ4n) is 4.63. The second-order valence-corrected chi connectivity index (χ2v) is 11.5. The van der Waals surface area contributed by atoms with E-state index in [0.29, 0.717) is 33.8 Å². The van der Waals surface area contributed by atoms with Crippen LogP contribution in [0.15, 0.2) is 45.3 Å². The lowest BCUT2D eigenvalue weighted by molar-refractivity contribution is -0.315. The van der Waals surface area contributed by atoms with Crippen molar-refractivity contribution in [1.82, 2.24) is 4.48 Å². The van der Waals surface area contributed by atoms with E-state index in [9.17, 15) is 25.9 Å². The van der Waals surface area contributed by atoms with E-state index in [1.165, 1.54) is 0 Å². The highest BCUT2D eigenvalue weighted by atomic mass is 127. The van der Waals surface area contributed by atoms with Crippen molar-refractivity contribution >= 4 is 61.7 Å². The SMILES string of the molecule is CC1=C(S(=O)(=O)O)C(C)=[N+]2Bn3c(C)c(S(=O)(=O)[O-])c(C)c3C(c3ccc(I)cc3)=C12. The van der Waals surface area contributed by atoms with Crippen LogP contribution in [0.2, 0.25) is 0 Å². The van der Waals surface area contributed by atoms with Gasteiger partial charge in [-0.1, -0.05) is 12.1 Å². The first-order valence-corrected chi connectivity index (χ1v) is 13.1. The lowest BCUT2D eigenvalue weighted by atomic mass is 9.89. The topological polar surface area (TPSA) is 120 Å². The minimum absolute atomic E-state index is 0.114. The van der Waals surface area contributed by atoms with Crippen molar-refractivity contribution in [2.75, 3.05) is 0 Å². The van der Waals surface area contributed by atoms with Crippen LogP contribution in [-0.4, -0.2) is 48.2 Å². The molecule has 162 valence electrons. The number of rotatable bonds is 3. The van der Waals surface area contributed by atoms with Gasteiger partial charge in [-0.3, -0.25) is 9.04 Å². The molecule has 0 radical (unpaired) electrons. The highest BCUT2D eigenvalue weighted by Gasteiger charge is 2.46. The Morgan fingerprint density at radius 2 is 1.65 bits per heavy atom. The van der Waals surface area contributed by atoms with Crippen LogP contribution >= 0.6 is 22.6 Å². The highest BCUT2D eigenvalue weighted by molar-refractivity contribution is 14.1. The standard InChI is InChI=1S/C19H18BIN2O6S2/c1-9-16-15(13-5-7-14(21)8-6-13)17-10(2)19(31(27,28)29)12(4)23(17)20-22(16)11(3)18(9)30(24,25)26/h5-8,20H,1-4H3,(H-,24,25,26,27,28,29). The Balaban J connectivity index is 2.21. The lowest BCUT2D eigenvalue weighted by Gasteiger charge is -2.21. The van der Waals surface area contributed by atoms with E-state index in [1.807, 2.05) is 24.3 Å². The summed E-state index contributed by atoms with van der Waals surface area (Å²) in [6.07, 6.45) is 0. The molecule has 0 fully saturated rings. The second-order valence-electron chi connectivity index (χ2n) is 7.58. The molecule has 4 rings (SSSR count). The van der Waals surface area contributed by atoms with Gasteiger partial charge in [-0.25, -0.2) is 8.42 Å². The van der Waals surface area contributed by atoms with Gasteiger partial charge in [-0.2, -0.15) is 8.42 Å². The highest BCUT2D eigenvalue weighted by Crippen LogP contribution is 2.43. The van der Waals surface area contributed by atoms with Crippen LogP contribution in [0.5, 0.6) is 0 Å². The largest absolute Gasteiger partial charge is 0.744 e. The summed E-state index contributed by atoms with van der Waals surface area (Å²) in [5.74, 6) is 0. The molecule has 2 aliphatic heterocycles. The number of hydrogen-bond acceptors (Lipinski definition) is 5. The third kappa shape index (κ3) is 3.35. The van der Waals surface area contributed by atoms with Gasteiger partial charge >= 0.3 is 17.7 Å². The maximum Gasteiger partial charge on any atom is 0.604 e. The molecule has 0 spiro atoms. The van der Waals surface area contributed by atoms with Crippen LogP contribution in [-0.2, 0) is 20.2 Å². The van der Waals surface area contributed by atoms with Crippen molar-refractivity contribution in [3.63, 3.8) is 0 Å². The third-order valence-corrected chi connectivity index (χ3v) is 8.73. The predicted molar refractivity (Wildman–Crippen MR) is 125 cm³/mol. The first-order valence-electron chi connectivity index (χ1n) is 9.21. The van der Waals surface area contributed by atoms with Crippen LogP contribution in [0.1, 0.15) is 36.4 Å². The Hall–Kier alpha value is -1.74. The zero-order chi connectivity index (χ0) is 23.0. The molecule has 0 unspecified atom stereocenters. The van der Waals surface area contributed by atoms with Crippen LogP contribution in [0.3, 0.4) is 0 Å². The van der Waals surface area contributed by atoms with E-state index >= 15 is 0 Å². The molecule has 0 aliphatic carbocycles. The Labute approximate surface area is 194 Å². The molecule has 1 N–H and O–H groups in total. The molecule has 0 atom stereocenters. The zero-order valence-electron chi connectivity index (χ0n) is 17.1. The molecule has 12 heteroatoms. The summed E-state index contributed by atoms with van der Waals surface area (Å²) in [5, 5.41) is 0. The van der Waals surface area contributed by atoms with Crippen LogP contribution in [0.4, 0.5) is 0 Å². The van der Waals surface area contributed by atoms with E-state index in [1.54, 1.807) is 36.7 Å². The monoisotopic (exact) mass is 572 g/mol. The Bertz CT molecular complexity index is 1480. The third-order valence-electron chi connectivity index (χ3n) is 5.80. The molecule has 2 aliphatic rings. The molecular formula is C19H18BIN2O6S2. The first kappa shape index (κ1) is 22.5. The molecular weight excluding hydrogens is 554 g/mol. The Kier molecular flexibility index (Phi) is 5.17.